The topological polar surface area (TPSA) is 66.0 Å². The average Bonchev–Trinajstić information content (AvgIpc) is 2.98. The van der Waals surface area contributed by atoms with Crippen LogP contribution in [0.2, 0.25) is 5.02 Å². The van der Waals surface area contributed by atoms with Crippen LogP contribution in [-0.4, -0.2) is 28.1 Å². The molecule has 1 aliphatic heterocycles. The Morgan fingerprint density at radius 3 is 3.16 bits per heavy atom. The van der Waals surface area contributed by atoms with Crippen LogP contribution in [0.5, 0.6) is 5.75 Å². The molecule has 19 heavy (non-hydrogen) atoms. The van der Waals surface area contributed by atoms with Gasteiger partial charge >= 0.3 is 0 Å². The second-order valence-corrected chi connectivity index (χ2v) is 5.03. The van der Waals surface area contributed by atoms with E-state index in [0.717, 1.165) is 41.5 Å². The maximum atomic E-state index is 6.13. The Balaban J connectivity index is 1.86. The Hall–Kier alpha value is -1.59. The molecular weight excluding hydrogens is 264 g/mol. The lowest BCUT2D eigenvalue weighted by atomic mass is 10.1. The lowest BCUT2D eigenvalue weighted by Crippen LogP contribution is -2.03. The van der Waals surface area contributed by atoms with Gasteiger partial charge in [0.15, 0.2) is 0 Å². The number of ether oxygens (including phenoxy) is 1. The molecule has 0 saturated carbocycles. The molecule has 0 unspecified atom stereocenters. The summed E-state index contributed by atoms with van der Waals surface area (Å²) >= 11 is 6.13. The molecule has 2 heterocycles. The third-order valence-electron chi connectivity index (χ3n) is 3.14. The number of rotatable bonds is 4. The molecule has 3 rings (SSSR count). The minimum atomic E-state index is 0.578. The molecule has 0 aliphatic carbocycles. The summed E-state index contributed by atoms with van der Waals surface area (Å²) in [4.78, 5) is 0. The van der Waals surface area contributed by atoms with Crippen molar-refractivity contribution >= 4 is 11.6 Å². The quantitative estimate of drug-likeness (QED) is 0.918. The zero-order chi connectivity index (χ0) is 13.2. The fourth-order valence-corrected chi connectivity index (χ4v) is 2.58. The van der Waals surface area contributed by atoms with Gasteiger partial charge in [-0.3, -0.25) is 0 Å². The van der Waals surface area contributed by atoms with Crippen molar-refractivity contribution in [2.45, 2.75) is 19.4 Å². The summed E-state index contributed by atoms with van der Waals surface area (Å²) in [5.74, 6) is 0.945. The molecule has 1 aliphatic rings. The molecule has 0 bridgehead atoms. The predicted octanol–water partition coefficient (Wildman–Crippen LogP) is 1.42. The van der Waals surface area contributed by atoms with E-state index in [0.29, 0.717) is 13.1 Å². The van der Waals surface area contributed by atoms with Crippen LogP contribution in [0.3, 0.4) is 0 Å². The highest BCUT2D eigenvalue weighted by atomic mass is 35.5. The first-order valence-electron chi connectivity index (χ1n) is 6.29. The van der Waals surface area contributed by atoms with Crippen molar-refractivity contribution in [3.8, 4) is 5.75 Å². The first kappa shape index (κ1) is 12.4. The molecule has 2 N–H and O–H groups in total. The molecule has 1 aromatic carbocycles. The van der Waals surface area contributed by atoms with Gasteiger partial charge in [0.2, 0.25) is 0 Å². The summed E-state index contributed by atoms with van der Waals surface area (Å²) in [5, 5.41) is 8.91. The third kappa shape index (κ3) is 2.57. The maximum absolute atomic E-state index is 6.13. The van der Waals surface area contributed by atoms with E-state index in [1.165, 1.54) is 5.56 Å². The lowest BCUT2D eigenvalue weighted by molar-refractivity contribution is 0.352. The van der Waals surface area contributed by atoms with Gasteiger partial charge in [0.25, 0.3) is 0 Å². The SMILES string of the molecule is NCCc1cn(Cc2cc(Cl)cc3c2OCC3)nn1. The maximum Gasteiger partial charge on any atom is 0.127 e. The van der Waals surface area contributed by atoms with E-state index >= 15 is 0 Å². The van der Waals surface area contributed by atoms with Crippen LogP contribution in [0.25, 0.3) is 0 Å². The minimum Gasteiger partial charge on any atom is -0.493 e. The monoisotopic (exact) mass is 278 g/mol. The van der Waals surface area contributed by atoms with Crippen molar-refractivity contribution in [1.82, 2.24) is 15.0 Å². The molecule has 100 valence electrons. The second-order valence-electron chi connectivity index (χ2n) is 4.60. The van der Waals surface area contributed by atoms with Crippen molar-refractivity contribution in [3.63, 3.8) is 0 Å². The van der Waals surface area contributed by atoms with Gasteiger partial charge in [0.1, 0.15) is 5.75 Å². The van der Waals surface area contributed by atoms with Gasteiger partial charge < -0.3 is 10.5 Å². The van der Waals surface area contributed by atoms with E-state index in [-0.39, 0.29) is 0 Å². The fraction of sp³-hybridized carbons (Fsp3) is 0.385. The molecule has 5 nitrogen and oxygen atoms in total. The summed E-state index contributed by atoms with van der Waals surface area (Å²) in [5.41, 5.74) is 8.62. The number of nitrogens with zero attached hydrogens (tertiary/aromatic N) is 3. The second kappa shape index (κ2) is 5.19. The summed E-state index contributed by atoms with van der Waals surface area (Å²) in [6.45, 7) is 1.91. The molecule has 0 saturated heterocycles. The van der Waals surface area contributed by atoms with Crippen LogP contribution in [-0.2, 0) is 19.4 Å². The van der Waals surface area contributed by atoms with Crippen LogP contribution in [0.1, 0.15) is 16.8 Å². The predicted molar refractivity (Wildman–Crippen MR) is 72.5 cm³/mol. The van der Waals surface area contributed by atoms with Crippen molar-refractivity contribution in [2.75, 3.05) is 13.2 Å². The normalized spacial score (nSPS) is 13.4. The number of hydrogen-bond donors (Lipinski definition) is 1. The molecule has 1 aromatic heterocycles. The number of fused-ring (bicyclic) bond motifs is 1. The van der Waals surface area contributed by atoms with Gasteiger partial charge in [-0.15, -0.1) is 5.10 Å². The van der Waals surface area contributed by atoms with E-state index in [2.05, 4.69) is 10.3 Å². The van der Waals surface area contributed by atoms with Crippen LogP contribution in [0.15, 0.2) is 18.3 Å². The molecule has 6 heteroatoms. The first-order chi connectivity index (χ1) is 9.26. The highest BCUT2D eigenvalue weighted by Crippen LogP contribution is 2.33. The largest absolute Gasteiger partial charge is 0.493 e. The number of nitrogens with two attached hydrogens (primary N) is 1. The number of hydrogen-bond acceptors (Lipinski definition) is 4. The van der Waals surface area contributed by atoms with Crippen molar-refractivity contribution in [2.24, 2.45) is 5.73 Å². The Morgan fingerprint density at radius 1 is 1.42 bits per heavy atom. The molecule has 0 atom stereocenters. The van der Waals surface area contributed by atoms with Crippen molar-refractivity contribution in [1.29, 1.82) is 0 Å². The Bertz CT molecular complexity index is 596. The molecule has 0 amide bonds. The Morgan fingerprint density at radius 2 is 2.32 bits per heavy atom. The molecule has 0 fully saturated rings. The highest BCUT2D eigenvalue weighted by Gasteiger charge is 2.18. The van der Waals surface area contributed by atoms with Gasteiger partial charge in [-0.1, -0.05) is 16.8 Å². The summed E-state index contributed by atoms with van der Waals surface area (Å²) in [7, 11) is 0. The summed E-state index contributed by atoms with van der Waals surface area (Å²) in [6.07, 6.45) is 3.57. The standard InChI is InChI=1S/C13H15ClN4O/c14-11-5-9-2-4-19-13(9)10(6-11)7-18-8-12(1-3-15)16-17-18/h5-6,8H,1-4,7,15H2. The molecular formula is C13H15ClN4O. The van der Waals surface area contributed by atoms with Gasteiger partial charge in [0.05, 0.1) is 18.8 Å². The first-order valence-corrected chi connectivity index (χ1v) is 6.67. The lowest BCUT2D eigenvalue weighted by Gasteiger charge is -2.08. The van der Waals surface area contributed by atoms with E-state index in [1.807, 2.05) is 18.3 Å². The van der Waals surface area contributed by atoms with Gasteiger partial charge in [-0.05, 0) is 24.2 Å². The fourth-order valence-electron chi connectivity index (χ4n) is 2.32. The molecule has 0 radical (unpaired) electrons. The van der Waals surface area contributed by atoms with Crippen LogP contribution < -0.4 is 10.5 Å². The smallest absolute Gasteiger partial charge is 0.127 e. The average molecular weight is 279 g/mol. The molecule has 0 spiro atoms. The third-order valence-corrected chi connectivity index (χ3v) is 3.36. The number of aromatic nitrogens is 3. The van der Waals surface area contributed by atoms with Crippen molar-refractivity contribution < 1.29 is 4.74 Å². The van der Waals surface area contributed by atoms with E-state index in [9.17, 15) is 0 Å². The highest BCUT2D eigenvalue weighted by molar-refractivity contribution is 6.30. The van der Waals surface area contributed by atoms with Gasteiger partial charge in [0, 0.05) is 29.6 Å². The van der Waals surface area contributed by atoms with E-state index in [4.69, 9.17) is 22.1 Å². The number of benzene rings is 1. The van der Waals surface area contributed by atoms with Crippen LogP contribution >= 0.6 is 11.6 Å². The zero-order valence-electron chi connectivity index (χ0n) is 10.5. The van der Waals surface area contributed by atoms with E-state index in [1.54, 1.807) is 4.68 Å². The zero-order valence-corrected chi connectivity index (χ0v) is 11.2. The summed E-state index contributed by atoms with van der Waals surface area (Å²) < 4.78 is 7.46. The summed E-state index contributed by atoms with van der Waals surface area (Å²) in [6, 6.07) is 3.89. The number of halogens is 1. The Labute approximate surface area is 116 Å². The van der Waals surface area contributed by atoms with Gasteiger partial charge in [-0.25, -0.2) is 4.68 Å². The van der Waals surface area contributed by atoms with Crippen molar-refractivity contribution in [3.05, 3.63) is 40.2 Å². The van der Waals surface area contributed by atoms with Crippen LogP contribution in [0.4, 0.5) is 0 Å². The van der Waals surface area contributed by atoms with E-state index < -0.39 is 0 Å². The Kier molecular flexibility index (Phi) is 3.40. The van der Waals surface area contributed by atoms with Gasteiger partial charge in [-0.2, -0.15) is 0 Å². The minimum absolute atomic E-state index is 0.578. The van der Waals surface area contributed by atoms with Crippen LogP contribution in [0, 0.1) is 0 Å². The molecule has 2 aromatic rings.